The summed E-state index contributed by atoms with van der Waals surface area (Å²) in [4.78, 5) is 25.0. The molecule has 1 aromatic carbocycles. The van der Waals surface area contributed by atoms with E-state index in [-0.39, 0.29) is 11.9 Å². The Morgan fingerprint density at radius 1 is 1.12 bits per heavy atom. The Balaban J connectivity index is 1.52. The predicted octanol–water partition coefficient (Wildman–Crippen LogP) is 3.30. The molecule has 4 rings (SSSR count). The molecule has 0 radical (unpaired) electrons. The number of aromatic amines is 1. The summed E-state index contributed by atoms with van der Waals surface area (Å²) < 4.78 is 0. The van der Waals surface area contributed by atoms with Gasteiger partial charge in [-0.25, -0.2) is 4.98 Å². The smallest absolute Gasteiger partial charge is 0.254 e. The maximum absolute atomic E-state index is 12.9. The minimum atomic E-state index is 0.0736. The van der Waals surface area contributed by atoms with Crippen LogP contribution in [0.15, 0.2) is 30.5 Å². The molecule has 0 spiro atoms. The molecule has 1 aromatic heterocycles. The van der Waals surface area contributed by atoms with Gasteiger partial charge in [-0.05, 0) is 56.9 Å². The van der Waals surface area contributed by atoms with Crippen LogP contribution in [0.1, 0.15) is 53.6 Å². The molecule has 0 bridgehead atoms. The van der Waals surface area contributed by atoms with Crippen molar-refractivity contribution < 1.29 is 4.79 Å². The van der Waals surface area contributed by atoms with Gasteiger partial charge in [-0.3, -0.25) is 4.79 Å². The number of carbonyl (C=O) groups is 1. The summed E-state index contributed by atoms with van der Waals surface area (Å²) in [5.41, 5.74) is 3.04. The number of amides is 1. The van der Waals surface area contributed by atoms with Crippen molar-refractivity contribution in [2.75, 3.05) is 24.5 Å². The highest BCUT2D eigenvalue weighted by atomic mass is 16.2. The molecule has 2 aliphatic heterocycles. The minimum Gasteiger partial charge on any atom is -0.372 e. The van der Waals surface area contributed by atoms with Crippen LogP contribution in [0.25, 0.3) is 0 Å². The second kappa shape index (κ2) is 6.30. The lowest BCUT2D eigenvalue weighted by atomic mass is 10.1. The molecule has 5 heteroatoms. The van der Waals surface area contributed by atoms with Crippen LogP contribution in [0.4, 0.5) is 5.69 Å². The Kier molecular flexibility index (Phi) is 4.00. The largest absolute Gasteiger partial charge is 0.372 e. The third kappa shape index (κ3) is 2.79. The van der Waals surface area contributed by atoms with Gasteiger partial charge in [0.05, 0.1) is 6.04 Å². The number of nitrogens with zero attached hydrogens (tertiary/aromatic N) is 3. The normalized spacial score (nSPS) is 20.8. The number of imidazole rings is 1. The van der Waals surface area contributed by atoms with E-state index in [0.717, 1.165) is 49.6 Å². The number of likely N-dealkylation sites (tertiary alicyclic amines) is 1. The number of H-pyrrole nitrogens is 1. The number of hydrogen-bond acceptors (Lipinski definition) is 3. The molecule has 2 aromatic rings. The van der Waals surface area contributed by atoms with Crippen molar-refractivity contribution in [1.29, 1.82) is 0 Å². The van der Waals surface area contributed by atoms with Crippen LogP contribution in [0, 0.1) is 6.92 Å². The fourth-order valence-corrected chi connectivity index (χ4v) is 3.85. The van der Waals surface area contributed by atoms with E-state index in [2.05, 4.69) is 27.0 Å². The molecule has 5 nitrogen and oxygen atoms in total. The van der Waals surface area contributed by atoms with Gasteiger partial charge < -0.3 is 14.8 Å². The first-order chi connectivity index (χ1) is 11.7. The third-order valence-corrected chi connectivity index (χ3v) is 5.14. The summed E-state index contributed by atoms with van der Waals surface area (Å²) in [6.07, 6.45) is 6.37. The number of nitrogens with one attached hydrogen (secondary N) is 1. The summed E-state index contributed by atoms with van der Waals surface area (Å²) >= 11 is 0. The Bertz CT molecular complexity index is 715. The SMILES string of the molecule is Cc1cnc([C@@H]2CCCN2C(=O)c2ccc(N3CCCC3)cc2)[nH]1. The van der Waals surface area contributed by atoms with Gasteiger partial charge in [-0.15, -0.1) is 0 Å². The summed E-state index contributed by atoms with van der Waals surface area (Å²) in [5, 5.41) is 0. The first-order valence-electron chi connectivity index (χ1n) is 8.90. The molecule has 2 aliphatic rings. The first kappa shape index (κ1) is 15.2. The van der Waals surface area contributed by atoms with Gasteiger partial charge >= 0.3 is 0 Å². The van der Waals surface area contributed by atoms with E-state index in [1.807, 2.05) is 30.2 Å². The highest BCUT2D eigenvalue weighted by molar-refractivity contribution is 5.95. The van der Waals surface area contributed by atoms with Crippen LogP contribution in [0.2, 0.25) is 0 Å². The van der Waals surface area contributed by atoms with Crippen LogP contribution >= 0.6 is 0 Å². The Labute approximate surface area is 142 Å². The highest BCUT2D eigenvalue weighted by Gasteiger charge is 2.32. The Morgan fingerprint density at radius 3 is 2.54 bits per heavy atom. The van der Waals surface area contributed by atoms with E-state index >= 15 is 0 Å². The van der Waals surface area contributed by atoms with E-state index in [9.17, 15) is 4.79 Å². The van der Waals surface area contributed by atoms with Gasteiger partial charge in [-0.1, -0.05) is 0 Å². The summed E-state index contributed by atoms with van der Waals surface area (Å²) in [6, 6.07) is 8.18. The van der Waals surface area contributed by atoms with Gasteiger partial charge in [-0.2, -0.15) is 0 Å². The second-order valence-electron chi connectivity index (χ2n) is 6.85. The average molecular weight is 324 g/mol. The van der Waals surface area contributed by atoms with E-state index in [0.29, 0.717) is 0 Å². The molecule has 1 amide bonds. The number of carbonyl (C=O) groups excluding carboxylic acids is 1. The Hall–Kier alpha value is -2.30. The molecule has 126 valence electrons. The summed E-state index contributed by atoms with van der Waals surface area (Å²) in [5.74, 6) is 1.02. The van der Waals surface area contributed by atoms with Crippen LogP contribution < -0.4 is 4.90 Å². The second-order valence-corrected chi connectivity index (χ2v) is 6.85. The lowest BCUT2D eigenvalue weighted by molar-refractivity contribution is 0.0730. The number of rotatable bonds is 3. The molecule has 2 fully saturated rings. The highest BCUT2D eigenvalue weighted by Crippen LogP contribution is 2.32. The maximum atomic E-state index is 12.9. The molecule has 1 atom stereocenters. The van der Waals surface area contributed by atoms with Gasteiger partial charge in [0, 0.05) is 42.8 Å². The zero-order chi connectivity index (χ0) is 16.5. The van der Waals surface area contributed by atoms with Crippen molar-refractivity contribution in [3.05, 3.63) is 47.5 Å². The van der Waals surface area contributed by atoms with Gasteiger partial charge in [0.15, 0.2) is 0 Å². The third-order valence-electron chi connectivity index (χ3n) is 5.14. The predicted molar refractivity (Wildman–Crippen MR) is 94.2 cm³/mol. The van der Waals surface area contributed by atoms with Crippen molar-refractivity contribution in [1.82, 2.24) is 14.9 Å². The van der Waals surface area contributed by atoms with Crippen molar-refractivity contribution in [2.45, 2.75) is 38.6 Å². The summed E-state index contributed by atoms with van der Waals surface area (Å²) in [6.45, 7) is 5.05. The van der Waals surface area contributed by atoms with Crippen molar-refractivity contribution >= 4 is 11.6 Å². The van der Waals surface area contributed by atoms with Crippen molar-refractivity contribution in [2.24, 2.45) is 0 Å². The van der Waals surface area contributed by atoms with Gasteiger partial charge in [0.2, 0.25) is 0 Å². The van der Waals surface area contributed by atoms with E-state index in [1.165, 1.54) is 18.5 Å². The van der Waals surface area contributed by atoms with Gasteiger partial charge in [0.25, 0.3) is 5.91 Å². The molecule has 0 unspecified atom stereocenters. The quantitative estimate of drug-likeness (QED) is 0.942. The maximum Gasteiger partial charge on any atom is 0.254 e. The lowest BCUT2D eigenvalue weighted by Crippen LogP contribution is -2.31. The number of hydrogen-bond donors (Lipinski definition) is 1. The number of anilines is 1. The summed E-state index contributed by atoms with van der Waals surface area (Å²) in [7, 11) is 0. The zero-order valence-corrected chi connectivity index (χ0v) is 14.2. The van der Waals surface area contributed by atoms with E-state index in [4.69, 9.17) is 0 Å². The number of aryl methyl sites for hydroxylation is 1. The monoisotopic (exact) mass is 324 g/mol. The molecule has 0 aliphatic carbocycles. The van der Waals surface area contributed by atoms with Gasteiger partial charge in [0.1, 0.15) is 5.82 Å². The standard InChI is InChI=1S/C19H24N4O/c1-14-13-20-18(21-14)17-5-4-12-23(17)19(24)15-6-8-16(9-7-15)22-10-2-3-11-22/h6-9,13,17H,2-5,10-12H2,1H3,(H,20,21)/t17-/m0/s1. The van der Waals surface area contributed by atoms with E-state index < -0.39 is 0 Å². The lowest BCUT2D eigenvalue weighted by Gasteiger charge is -2.24. The Morgan fingerprint density at radius 2 is 1.88 bits per heavy atom. The van der Waals surface area contributed by atoms with Crippen molar-refractivity contribution in [3.63, 3.8) is 0 Å². The molecular formula is C19H24N4O. The minimum absolute atomic E-state index is 0.0736. The van der Waals surface area contributed by atoms with Crippen LogP contribution in [0.5, 0.6) is 0 Å². The van der Waals surface area contributed by atoms with Crippen LogP contribution in [-0.4, -0.2) is 40.4 Å². The number of benzene rings is 1. The van der Waals surface area contributed by atoms with Crippen LogP contribution in [0.3, 0.4) is 0 Å². The molecule has 1 N–H and O–H groups in total. The zero-order valence-electron chi connectivity index (χ0n) is 14.2. The molecule has 0 saturated carbocycles. The molecule has 2 saturated heterocycles. The first-order valence-corrected chi connectivity index (χ1v) is 8.90. The topological polar surface area (TPSA) is 52.2 Å². The fraction of sp³-hybridized carbons (Fsp3) is 0.474. The molecular weight excluding hydrogens is 300 g/mol. The molecule has 24 heavy (non-hydrogen) atoms. The molecule has 3 heterocycles. The average Bonchev–Trinajstić information content (AvgIpc) is 3.35. The fourth-order valence-electron chi connectivity index (χ4n) is 3.85. The van der Waals surface area contributed by atoms with E-state index in [1.54, 1.807) is 0 Å². The van der Waals surface area contributed by atoms with Crippen molar-refractivity contribution in [3.8, 4) is 0 Å². The number of aromatic nitrogens is 2. The van der Waals surface area contributed by atoms with Crippen LogP contribution in [-0.2, 0) is 0 Å².